The largest absolute Gasteiger partial charge is 0.497 e. The molecule has 0 aliphatic rings. The summed E-state index contributed by atoms with van der Waals surface area (Å²) in [5, 5.41) is 3.52. The van der Waals surface area contributed by atoms with Gasteiger partial charge in [0.2, 0.25) is 11.8 Å². The van der Waals surface area contributed by atoms with Crippen LogP contribution in [0.1, 0.15) is 37.8 Å². The maximum Gasteiger partial charge on any atom is 0.242 e. The standard InChI is InChI=1S/C24H31ClN2O3S/c1-4-14-26-24(29)22(5-2)27(15-19-8-6-7-9-21(19)25)23(28)17-31-16-18-10-12-20(30-3)13-11-18/h6-13,22H,4-5,14-17H2,1-3H3,(H,26,29). The summed E-state index contributed by atoms with van der Waals surface area (Å²) < 4.78 is 5.18. The van der Waals surface area contributed by atoms with Crippen LogP contribution < -0.4 is 10.1 Å². The molecule has 0 spiro atoms. The lowest BCUT2D eigenvalue weighted by molar-refractivity contribution is -0.139. The average Bonchev–Trinajstić information content (AvgIpc) is 2.79. The fraction of sp³-hybridized carbons (Fsp3) is 0.417. The molecule has 0 saturated heterocycles. The molecule has 168 valence electrons. The molecule has 0 aliphatic carbocycles. The summed E-state index contributed by atoms with van der Waals surface area (Å²) in [5.41, 5.74) is 1.95. The molecule has 0 radical (unpaired) electrons. The van der Waals surface area contributed by atoms with Crippen LogP contribution in [0.4, 0.5) is 0 Å². The second kappa shape index (κ2) is 13.3. The van der Waals surface area contributed by atoms with E-state index >= 15 is 0 Å². The van der Waals surface area contributed by atoms with Crippen LogP contribution in [0.25, 0.3) is 0 Å². The zero-order chi connectivity index (χ0) is 22.6. The molecule has 0 heterocycles. The van der Waals surface area contributed by atoms with Gasteiger partial charge >= 0.3 is 0 Å². The van der Waals surface area contributed by atoms with Gasteiger partial charge in [0.15, 0.2) is 0 Å². The minimum atomic E-state index is -0.531. The number of nitrogens with zero attached hydrogens (tertiary/aromatic N) is 1. The van der Waals surface area contributed by atoms with Crippen molar-refractivity contribution in [3.8, 4) is 5.75 Å². The van der Waals surface area contributed by atoms with Crippen molar-refractivity contribution in [2.24, 2.45) is 0 Å². The van der Waals surface area contributed by atoms with Crippen LogP contribution in [0.5, 0.6) is 5.75 Å². The van der Waals surface area contributed by atoms with E-state index in [0.29, 0.717) is 30.3 Å². The van der Waals surface area contributed by atoms with E-state index in [4.69, 9.17) is 16.3 Å². The van der Waals surface area contributed by atoms with E-state index in [9.17, 15) is 9.59 Å². The van der Waals surface area contributed by atoms with Gasteiger partial charge in [-0.05, 0) is 42.2 Å². The molecule has 0 aliphatic heterocycles. The average molecular weight is 463 g/mol. The van der Waals surface area contributed by atoms with Crippen molar-refractivity contribution < 1.29 is 14.3 Å². The number of carbonyl (C=O) groups excluding carboxylic acids is 2. The maximum atomic E-state index is 13.2. The lowest BCUT2D eigenvalue weighted by Crippen LogP contribution is -2.49. The van der Waals surface area contributed by atoms with E-state index < -0.39 is 6.04 Å². The summed E-state index contributed by atoms with van der Waals surface area (Å²) in [4.78, 5) is 27.6. The summed E-state index contributed by atoms with van der Waals surface area (Å²) in [7, 11) is 1.64. The first kappa shape index (κ1) is 25.1. The van der Waals surface area contributed by atoms with Crippen LogP contribution in [-0.2, 0) is 21.9 Å². The van der Waals surface area contributed by atoms with Gasteiger partial charge < -0.3 is 15.0 Å². The van der Waals surface area contributed by atoms with Crippen LogP contribution in [0, 0.1) is 0 Å². The molecule has 1 unspecified atom stereocenters. The SMILES string of the molecule is CCCNC(=O)C(CC)N(Cc1ccccc1Cl)C(=O)CSCc1ccc(OC)cc1. The Hall–Kier alpha value is -2.18. The summed E-state index contributed by atoms with van der Waals surface area (Å²) in [6.45, 7) is 4.83. The van der Waals surface area contributed by atoms with Gasteiger partial charge in [0.1, 0.15) is 11.8 Å². The van der Waals surface area contributed by atoms with Crippen LogP contribution in [-0.4, -0.2) is 42.2 Å². The maximum absolute atomic E-state index is 13.2. The molecule has 0 saturated carbocycles. The van der Waals surface area contributed by atoms with E-state index in [2.05, 4.69) is 5.32 Å². The fourth-order valence-electron chi connectivity index (χ4n) is 3.16. The topological polar surface area (TPSA) is 58.6 Å². The van der Waals surface area contributed by atoms with Crippen molar-refractivity contribution in [2.75, 3.05) is 19.4 Å². The van der Waals surface area contributed by atoms with Crippen LogP contribution in [0.3, 0.4) is 0 Å². The Bertz CT molecular complexity index is 845. The molecule has 1 N–H and O–H groups in total. The normalized spacial score (nSPS) is 11.6. The number of amides is 2. The molecule has 2 rings (SSSR count). The number of methoxy groups -OCH3 is 1. The summed E-state index contributed by atoms with van der Waals surface area (Å²) in [6.07, 6.45) is 1.38. The van der Waals surface area contributed by atoms with Gasteiger partial charge in [-0.1, -0.05) is 55.8 Å². The number of benzene rings is 2. The summed E-state index contributed by atoms with van der Waals surface area (Å²) >= 11 is 7.87. The number of thioether (sulfide) groups is 1. The highest BCUT2D eigenvalue weighted by Crippen LogP contribution is 2.22. The van der Waals surface area contributed by atoms with Gasteiger partial charge in [-0.3, -0.25) is 9.59 Å². The third kappa shape index (κ3) is 7.78. The highest BCUT2D eigenvalue weighted by atomic mass is 35.5. The monoisotopic (exact) mass is 462 g/mol. The van der Waals surface area contributed by atoms with Gasteiger partial charge in [-0.15, -0.1) is 11.8 Å². The Balaban J connectivity index is 2.10. The molecule has 7 heteroatoms. The van der Waals surface area contributed by atoms with E-state index in [-0.39, 0.29) is 17.6 Å². The molecule has 0 bridgehead atoms. The number of rotatable bonds is 12. The molecule has 1 atom stereocenters. The van der Waals surface area contributed by atoms with Crippen molar-refractivity contribution in [1.82, 2.24) is 10.2 Å². The second-order valence-electron chi connectivity index (χ2n) is 7.17. The van der Waals surface area contributed by atoms with E-state index in [1.54, 1.807) is 18.1 Å². The van der Waals surface area contributed by atoms with E-state index in [0.717, 1.165) is 23.3 Å². The van der Waals surface area contributed by atoms with Crippen LogP contribution >= 0.6 is 23.4 Å². The van der Waals surface area contributed by atoms with Crippen molar-refractivity contribution >= 4 is 35.2 Å². The molecule has 2 aromatic carbocycles. The van der Waals surface area contributed by atoms with Crippen molar-refractivity contribution in [1.29, 1.82) is 0 Å². The van der Waals surface area contributed by atoms with Gasteiger partial charge in [0.25, 0.3) is 0 Å². The molecule has 5 nitrogen and oxygen atoms in total. The Kier molecular flexibility index (Phi) is 10.7. The zero-order valence-corrected chi connectivity index (χ0v) is 20.0. The number of carbonyl (C=O) groups is 2. The van der Waals surface area contributed by atoms with Crippen molar-refractivity contribution in [3.05, 3.63) is 64.7 Å². The van der Waals surface area contributed by atoms with E-state index in [1.165, 1.54) is 11.8 Å². The Morgan fingerprint density at radius 3 is 2.45 bits per heavy atom. The first-order chi connectivity index (χ1) is 15.0. The second-order valence-corrected chi connectivity index (χ2v) is 8.56. The van der Waals surface area contributed by atoms with Crippen molar-refractivity contribution in [3.63, 3.8) is 0 Å². The minimum Gasteiger partial charge on any atom is -0.497 e. The number of ether oxygens (including phenoxy) is 1. The van der Waals surface area contributed by atoms with Gasteiger partial charge in [0, 0.05) is 23.9 Å². The molecular weight excluding hydrogens is 432 g/mol. The molecule has 2 aromatic rings. The summed E-state index contributed by atoms with van der Waals surface area (Å²) in [6, 6.07) is 14.7. The third-order valence-corrected chi connectivity index (χ3v) is 6.24. The third-order valence-electron chi connectivity index (χ3n) is 4.89. The molecule has 0 aromatic heterocycles. The highest BCUT2D eigenvalue weighted by Gasteiger charge is 2.28. The fourth-order valence-corrected chi connectivity index (χ4v) is 4.22. The van der Waals surface area contributed by atoms with Crippen LogP contribution in [0.2, 0.25) is 5.02 Å². The predicted molar refractivity (Wildman–Crippen MR) is 129 cm³/mol. The lowest BCUT2D eigenvalue weighted by Gasteiger charge is -2.31. The summed E-state index contributed by atoms with van der Waals surface area (Å²) in [5.74, 6) is 1.60. The number of halogens is 1. The molecule has 0 fully saturated rings. The highest BCUT2D eigenvalue weighted by molar-refractivity contribution is 7.99. The number of nitrogens with one attached hydrogen (secondary N) is 1. The van der Waals surface area contributed by atoms with E-state index in [1.807, 2.05) is 56.3 Å². The minimum absolute atomic E-state index is 0.0723. The van der Waals surface area contributed by atoms with Crippen molar-refractivity contribution in [2.45, 2.75) is 45.0 Å². The van der Waals surface area contributed by atoms with Gasteiger partial charge in [-0.25, -0.2) is 0 Å². The molecule has 2 amide bonds. The van der Waals surface area contributed by atoms with Gasteiger partial charge in [0.05, 0.1) is 12.9 Å². The first-order valence-electron chi connectivity index (χ1n) is 10.5. The number of hydrogen-bond donors (Lipinski definition) is 1. The van der Waals surface area contributed by atoms with Gasteiger partial charge in [-0.2, -0.15) is 0 Å². The first-order valence-corrected chi connectivity index (χ1v) is 12.0. The quantitative estimate of drug-likeness (QED) is 0.486. The lowest BCUT2D eigenvalue weighted by atomic mass is 10.1. The number of hydrogen-bond acceptors (Lipinski definition) is 4. The Labute approximate surface area is 194 Å². The Morgan fingerprint density at radius 1 is 1.13 bits per heavy atom. The zero-order valence-electron chi connectivity index (χ0n) is 18.4. The molecular formula is C24H31ClN2O3S. The van der Waals surface area contributed by atoms with Crippen LogP contribution in [0.15, 0.2) is 48.5 Å². The smallest absolute Gasteiger partial charge is 0.242 e. The Morgan fingerprint density at radius 2 is 1.84 bits per heavy atom. The predicted octanol–water partition coefficient (Wildman–Crippen LogP) is 4.92. The molecule has 31 heavy (non-hydrogen) atoms.